The van der Waals surface area contributed by atoms with E-state index < -0.39 is 36.1 Å². The number of carboxylic acid groups (broad SMARTS) is 1. The number of fused-ring (bicyclic) bond motifs is 1. The molecular formula is C14H15N3O6. The Balaban J connectivity index is 2.11. The molecule has 9 nitrogen and oxygen atoms in total. The van der Waals surface area contributed by atoms with E-state index in [1.807, 2.05) is 0 Å². The maximum absolute atomic E-state index is 12.0. The van der Waals surface area contributed by atoms with Crippen LogP contribution in [0.4, 0.5) is 0 Å². The number of nitrogens with two attached hydrogens (primary N) is 1. The largest absolute Gasteiger partial charge is 0.480 e. The second-order valence-corrected chi connectivity index (χ2v) is 4.89. The van der Waals surface area contributed by atoms with Gasteiger partial charge in [-0.1, -0.05) is 12.1 Å². The lowest BCUT2D eigenvalue weighted by Gasteiger charge is -2.13. The number of aliphatic carboxylic acids is 1. The smallest absolute Gasteiger partial charge is 0.420 e. The third-order valence-corrected chi connectivity index (χ3v) is 3.19. The van der Waals surface area contributed by atoms with Crippen molar-refractivity contribution in [1.29, 1.82) is 0 Å². The van der Waals surface area contributed by atoms with Crippen molar-refractivity contribution in [2.75, 3.05) is 0 Å². The quantitative estimate of drug-likeness (QED) is 0.622. The number of rotatable bonds is 7. The Hall–Kier alpha value is -3.10. The van der Waals surface area contributed by atoms with Crippen LogP contribution in [-0.2, 0) is 20.9 Å². The molecule has 1 aromatic heterocycles. The molecule has 2 aromatic rings. The van der Waals surface area contributed by atoms with Gasteiger partial charge in [0, 0.05) is 6.42 Å². The Labute approximate surface area is 129 Å². The van der Waals surface area contributed by atoms with Gasteiger partial charge >= 0.3 is 11.7 Å². The summed E-state index contributed by atoms with van der Waals surface area (Å²) in [6.45, 7) is -0.393. The van der Waals surface area contributed by atoms with E-state index in [1.54, 1.807) is 24.3 Å². The molecule has 1 atom stereocenters. The number of para-hydroxylation sites is 2. The summed E-state index contributed by atoms with van der Waals surface area (Å²) in [5, 5.41) is 11.3. The molecule has 0 saturated carbocycles. The first-order chi connectivity index (χ1) is 10.9. The minimum atomic E-state index is -1.29. The molecule has 0 saturated heterocycles. The molecule has 0 radical (unpaired) electrons. The Kier molecular flexibility index (Phi) is 4.79. The van der Waals surface area contributed by atoms with Crippen LogP contribution in [0.15, 0.2) is 33.5 Å². The van der Waals surface area contributed by atoms with Crippen molar-refractivity contribution in [2.45, 2.75) is 25.4 Å². The lowest BCUT2D eigenvalue weighted by molar-refractivity contribution is -0.142. The van der Waals surface area contributed by atoms with Gasteiger partial charge in [-0.25, -0.2) is 9.59 Å². The lowest BCUT2D eigenvalue weighted by Crippen LogP contribution is -2.43. The van der Waals surface area contributed by atoms with Crippen LogP contribution < -0.4 is 16.8 Å². The predicted octanol–water partition coefficient (Wildman–Crippen LogP) is -0.571. The van der Waals surface area contributed by atoms with E-state index in [-0.39, 0.29) is 12.8 Å². The average molecular weight is 321 g/mol. The van der Waals surface area contributed by atoms with Gasteiger partial charge in [0.05, 0.1) is 5.52 Å². The minimum absolute atomic E-state index is 0.128. The van der Waals surface area contributed by atoms with Crippen LogP contribution in [0.2, 0.25) is 0 Å². The number of nitrogens with zero attached hydrogens (tertiary/aromatic N) is 1. The zero-order chi connectivity index (χ0) is 17.0. The Morgan fingerprint density at radius 1 is 1.30 bits per heavy atom. The van der Waals surface area contributed by atoms with Crippen molar-refractivity contribution in [1.82, 2.24) is 9.88 Å². The van der Waals surface area contributed by atoms with Crippen molar-refractivity contribution in [3.63, 3.8) is 0 Å². The van der Waals surface area contributed by atoms with Crippen LogP contribution in [0.5, 0.6) is 0 Å². The van der Waals surface area contributed by atoms with E-state index >= 15 is 0 Å². The fraction of sp³-hybridized carbons (Fsp3) is 0.286. The summed E-state index contributed by atoms with van der Waals surface area (Å²) < 4.78 is 6.08. The van der Waals surface area contributed by atoms with E-state index in [0.29, 0.717) is 11.1 Å². The highest BCUT2D eigenvalue weighted by molar-refractivity contribution is 5.85. The fourth-order valence-corrected chi connectivity index (χ4v) is 2.09. The third-order valence-electron chi connectivity index (χ3n) is 3.19. The molecule has 9 heteroatoms. The molecule has 122 valence electrons. The van der Waals surface area contributed by atoms with Crippen molar-refractivity contribution in [2.24, 2.45) is 5.73 Å². The monoisotopic (exact) mass is 321 g/mol. The number of oxazole rings is 1. The van der Waals surface area contributed by atoms with Crippen LogP contribution >= 0.6 is 0 Å². The molecule has 2 amide bonds. The van der Waals surface area contributed by atoms with E-state index in [0.717, 1.165) is 4.57 Å². The maximum atomic E-state index is 12.0. The Bertz CT molecular complexity index is 806. The summed E-state index contributed by atoms with van der Waals surface area (Å²) in [5.74, 6) is -3.35. The average Bonchev–Trinajstić information content (AvgIpc) is 2.79. The second kappa shape index (κ2) is 6.77. The minimum Gasteiger partial charge on any atom is -0.480 e. The van der Waals surface area contributed by atoms with Crippen molar-refractivity contribution in [3.05, 3.63) is 34.8 Å². The molecule has 0 aliphatic carbocycles. The van der Waals surface area contributed by atoms with E-state index in [4.69, 9.17) is 15.3 Å². The van der Waals surface area contributed by atoms with E-state index in [1.165, 1.54) is 0 Å². The molecular weight excluding hydrogens is 306 g/mol. The highest BCUT2D eigenvalue weighted by Gasteiger charge is 2.21. The van der Waals surface area contributed by atoms with Crippen LogP contribution in [-0.4, -0.2) is 33.5 Å². The first-order valence-electron chi connectivity index (χ1n) is 6.77. The Morgan fingerprint density at radius 3 is 2.65 bits per heavy atom. The summed E-state index contributed by atoms with van der Waals surface area (Å²) >= 11 is 0. The molecule has 23 heavy (non-hydrogen) atoms. The first kappa shape index (κ1) is 16.3. The number of carbonyl (C=O) groups is 3. The number of aromatic nitrogens is 1. The molecule has 1 aromatic carbocycles. The number of carbonyl (C=O) groups excluding carboxylic acids is 2. The molecule has 0 unspecified atom stereocenters. The summed E-state index contributed by atoms with van der Waals surface area (Å²) in [4.78, 5) is 45.5. The number of hydrogen-bond acceptors (Lipinski definition) is 5. The number of carboxylic acids is 1. The van der Waals surface area contributed by atoms with Gasteiger partial charge in [0.2, 0.25) is 11.8 Å². The molecule has 1 heterocycles. The van der Waals surface area contributed by atoms with Crippen molar-refractivity contribution < 1.29 is 23.9 Å². The van der Waals surface area contributed by atoms with E-state index in [9.17, 15) is 19.2 Å². The number of benzene rings is 1. The summed E-state index contributed by atoms with van der Waals surface area (Å²) in [6.07, 6.45) is -0.302. The van der Waals surface area contributed by atoms with Gasteiger partial charge in [-0.05, 0) is 18.6 Å². The van der Waals surface area contributed by atoms with Gasteiger partial charge in [-0.2, -0.15) is 0 Å². The number of nitrogens with one attached hydrogen (secondary N) is 1. The third kappa shape index (κ3) is 3.96. The second-order valence-electron chi connectivity index (χ2n) is 4.89. The van der Waals surface area contributed by atoms with E-state index in [2.05, 4.69) is 5.32 Å². The number of amides is 2. The fourth-order valence-electron chi connectivity index (χ4n) is 2.09. The molecule has 0 fully saturated rings. The zero-order valence-corrected chi connectivity index (χ0v) is 12.0. The normalized spacial score (nSPS) is 12.0. The van der Waals surface area contributed by atoms with Gasteiger partial charge in [0.25, 0.3) is 0 Å². The topological polar surface area (TPSA) is 145 Å². The summed E-state index contributed by atoms with van der Waals surface area (Å²) in [7, 11) is 0. The van der Waals surface area contributed by atoms with Gasteiger partial charge in [-0.3, -0.25) is 14.2 Å². The molecule has 0 spiro atoms. The van der Waals surface area contributed by atoms with Crippen LogP contribution in [0.1, 0.15) is 12.8 Å². The van der Waals surface area contributed by atoms with Crippen LogP contribution in [0, 0.1) is 0 Å². The Morgan fingerprint density at radius 2 is 2.00 bits per heavy atom. The van der Waals surface area contributed by atoms with Gasteiger partial charge in [0.1, 0.15) is 12.6 Å². The maximum Gasteiger partial charge on any atom is 0.420 e. The molecule has 0 bridgehead atoms. The standard InChI is InChI=1S/C14H15N3O6/c15-11(18)6-5-8(13(20)21)16-12(19)7-17-9-3-1-2-4-10(9)23-14(17)22/h1-4,8H,5-7H2,(H2,15,18)(H,16,19)(H,20,21)/t8-/m0/s1. The predicted molar refractivity (Wildman–Crippen MR) is 78.5 cm³/mol. The number of primary amides is 1. The van der Waals surface area contributed by atoms with Crippen molar-refractivity contribution >= 4 is 28.9 Å². The van der Waals surface area contributed by atoms with Gasteiger partial charge in [-0.15, -0.1) is 0 Å². The van der Waals surface area contributed by atoms with Gasteiger partial charge < -0.3 is 20.6 Å². The molecule has 0 aliphatic rings. The first-order valence-corrected chi connectivity index (χ1v) is 6.77. The number of hydrogen-bond donors (Lipinski definition) is 3. The lowest BCUT2D eigenvalue weighted by atomic mass is 10.1. The highest BCUT2D eigenvalue weighted by atomic mass is 16.4. The molecule has 0 aliphatic heterocycles. The van der Waals surface area contributed by atoms with Crippen LogP contribution in [0.3, 0.4) is 0 Å². The van der Waals surface area contributed by atoms with Crippen molar-refractivity contribution in [3.8, 4) is 0 Å². The van der Waals surface area contributed by atoms with Crippen LogP contribution in [0.25, 0.3) is 11.1 Å². The molecule has 2 rings (SSSR count). The SMILES string of the molecule is NC(=O)CC[C@H](NC(=O)Cn1c(=O)oc2ccccc21)C(=O)O. The van der Waals surface area contributed by atoms with Gasteiger partial charge in [0.15, 0.2) is 5.58 Å². The summed E-state index contributed by atoms with van der Waals surface area (Å²) in [6, 6.07) is 5.29. The highest BCUT2D eigenvalue weighted by Crippen LogP contribution is 2.11. The zero-order valence-electron chi connectivity index (χ0n) is 12.0. The molecule has 4 N–H and O–H groups in total. The summed E-state index contributed by atoms with van der Waals surface area (Å²) in [5.41, 5.74) is 5.72.